The average Bonchev–Trinajstić information content (AvgIpc) is 2.36. The number of nitrogens with zero attached hydrogens (tertiary/aromatic N) is 2. The minimum atomic E-state index is -0.912. The molecule has 1 N–H and O–H groups in total. The number of nitrogens with one attached hydrogen (secondary N) is 1. The summed E-state index contributed by atoms with van der Waals surface area (Å²) in [7, 11) is 0. The first kappa shape index (κ1) is 15.2. The van der Waals surface area contributed by atoms with Crippen molar-refractivity contribution in [3.05, 3.63) is 33.3 Å². The third-order valence-corrected chi connectivity index (χ3v) is 2.68. The number of nitro benzene ring substituents is 1. The molecule has 0 aliphatic carbocycles. The van der Waals surface area contributed by atoms with Gasteiger partial charge in [0.25, 0.3) is 0 Å². The van der Waals surface area contributed by atoms with Crippen LogP contribution < -0.4 is 10.1 Å². The van der Waals surface area contributed by atoms with Crippen LogP contribution in [0.15, 0.2) is 18.2 Å². The molecule has 1 atom stereocenters. The quantitative estimate of drug-likeness (QED) is 0.640. The van der Waals surface area contributed by atoms with Crippen LogP contribution in [-0.2, 0) is 0 Å². The molecule has 0 aliphatic rings. The van der Waals surface area contributed by atoms with Gasteiger partial charge in [-0.1, -0.05) is 18.5 Å². The van der Waals surface area contributed by atoms with E-state index in [4.69, 9.17) is 21.6 Å². The number of hydrogen-bond acceptors (Lipinski definition) is 5. The summed E-state index contributed by atoms with van der Waals surface area (Å²) in [6.07, 6.45) is 0. The molecule has 0 fully saturated rings. The average molecular weight is 284 g/mol. The van der Waals surface area contributed by atoms with E-state index in [0.717, 1.165) is 0 Å². The SMILES string of the molecule is CCNC(C)(C#N)COc1cc(Cl)ccc1[N+](=O)[O-]. The number of rotatable bonds is 6. The van der Waals surface area contributed by atoms with Crippen LogP contribution in [0.25, 0.3) is 0 Å². The number of benzene rings is 1. The van der Waals surface area contributed by atoms with E-state index in [9.17, 15) is 10.1 Å². The molecule has 1 aromatic rings. The molecule has 7 heteroatoms. The van der Waals surface area contributed by atoms with Crippen molar-refractivity contribution in [2.24, 2.45) is 0 Å². The Morgan fingerprint density at radius 1 is 1.63 bits per heavy atom. The largest absolute Gasteiger partial charge is 0.484 e. The van der Waals surface area contributed by atoms with Crippen molar-refractivity contribution in [2.75, 3.05) is 13.2 Å². The zero-order valence-electron chi connectivity index (χ0n) is 10.6. The molecule has 0 bridgehead atoms. The van der Waals surface area contributed by atoms with Crippen molar-refractivity contribution in [3.63, 3.8) is 0 Å². The second-order valence-electron chi connectivity index (χ2n) is 4.13. The first-order valence-corrected chi connectivity index (χ1v) is 6.02. The Bertz CT molecular complexity index is 515. The van der Waals surface area contributed by atoms with E-state index in [1.54, 1.807) is 6.92 Å². The van der Waals surface area contributed by atoms with Crippen molar-refractivity contribution in [1.82, 2.24) is 5.32 Å². The Balaban J connectivity index is 2.91. The lowest BCUT2D eigenvalue weighted by Crippen LogP contribution is -2.46. The molecular weight excluding hydrogens is 270 g/mol. The summed E-state index contributed by atoms with van der Waals surface area (Å²) >= 11 is 5.78. The van der Waals surface area contributed by atoms with Crippen molar-refractivity contribution in [3.8, 4) is 11.8 Å². The standard InChI is InChI=1S/C12H14ClN3O3/c1-3-15-12(2,7-14)8-19-11-6-9(13)4-5-10(11)16(17)18/h4-6,15H,3,8H2,1-2H3. The van der Waals surface area contributed by atoms with Crippen molar-refractivity contribution in [2.45, 2.75) is 19.4 Å². The van der Waals surface area contributed by atoms with Gasteiger partial charge in [0.15, 0.2) is 5.75 Å². The highest BCUT2D eigenvalue weighted by Crippen LogP contribution is 2.30. The molecule has 1 aromatic carbocycles. The molecule has 0 aliphatic heterocycles. The number of nitriles is 1. The fourth-order valence-electron chi connectivity index (χ4n) is 1.49. The maximum atomic E-state index is 10.9. The lowest BCUT2D eigenvalue weighted by Gasteiger charge is -2.22. The van der Waals surface area contributed by atoms with E-state index in [1.165, 1.54) is 18.2 Å². The molecule has 0 saturated heterocycles. The minimum absolute atomic E-state index is 0.0154. The maximum absolute atomic E-state index is 10.9. The van der Waals surface area contributed by atoms with Crippen molar-refractivity contribution < 1.29 is 9.66 Å². The molecule has 1 rings (SSSR count). The predicted molar refractivity (Wildman–Crippen MR) is 71.3 cm³/mol. The smallest absolute Gasteiger partial charge is 0.311 e. The first-order valence-electron chi connectivity index (χ1n) is 5.65. The van der Waals surface area contributed by atoms with Crippen LogP contribution in [-0.4, -0.2) is 23.6 Å². The van der Waals surface area contributed by atoms with E-state index in [2.05, 4.69) is 11.4 Å². The first-order chi connectivity index (χ1) is 8.91. The van der Waals surface area contributed by atoms with Gasteiger partial charge in [0.1, 0.15) is 12.1 Å². The summed E-state index contributed by atoms with van der Waals surface area (Å²) in [6.45, 7) is 4.09. The van der Waals surface area contributed by atoms with Crippen LogP contribution in [0.4, 0.5) is 5.69 Å². The highest BCUT2D eigenvalue weighted by atomic mass is 35.5. The van der Waals surface area contributed by atoms with Gasteiger partial charge in [-0.2, -0.15) is 5.26 Å². The summed E-state index contributed by atoms with van der Waals surface area (Å²) < 4.78 is 5.38. The summed E-state index contributed by atoms with van der Waals surface area (Å²) in [6, 6.07) is 6.13. The number of likely N-dealkylation sites (N-methyl/N-ethyl adjacent to an activating group) is 1. The Kier molecular flexibility index (Phi) is 5.10. The van der Waals surface area contributed by atoms with Gasteiger partial charge in [-0.05, 0) is 19.5 Å². The van der Waals surface area contributed by atoms with Crippen molar-refractivity contribution in [1.29, 1.82) is 5.26 Å². The third-order valence-electron chi connectivity index (χ3n) is 2.45. The van der Waals surface area contributed by atoms with E-state index in [-0.39, 0.29) is 18.0 Å². The summed E-state index contributed by atoms with van der Waals surface area (Å²) in [5.41, 5.74) is -1.09. The molecule has 6 nitrogen and oxygen atoms in total. The molecule has 19 heavy (non-hydrogen) atoms. The summed E-state index contributed by atoms with van der Waals surface area (Å²) in [5.74, 6) is 0.0527. The second-order valence-corrected chi connectivity index (χ2v) is 4.57. The molecule has 102 valence electrons. The van der Waals surface area contributed by atoms with Gasteiger partial charge < -0.3 is 4.74 Å². The lowest BCUT2D eigenvalue weighted by atomic mass is 10.1. The van der Waals surface area contributed by atoms with E-state index < -0.39 is 10.5 Å². The lowest BCUT2D eigenvalue weighted by molar-refractivity contribution is -0.385. The fourth-order valence-corrected chi connectivity index (χ4v) is 1.65. The zero-order valence-corrected chi connectivity index (χ0v) is 11.4. The van der Waals surface area contributed by atoms with Gasteiger partial charge >= 0.3 is 5.69 Å². The number of ether oxygens (including phenoxy) is 1. The molecule has 0 spiro atoms. The molecule has 1 unspecified atom stereocenters. The molecule has 0 radical (unpaired) electrons. The molecule has 0 saturated carbocycles. The summed E-state index contributed by atoms with van der Waals surface area (Å²) in [5, 5.41) is 23.2. The van der Waals surface area contributed by atoms with Crippen LogP contribution in [0.5, 0.6) is 5.75 Å². The van der Waals surface area contributed by atoms with Crippen LogP contribution in [0, 0.1) is 21.4 Å². The Labute approximate surface area is 116 Å². The van der Waals surface area contributed by atoms with Gasteiger partial charge in [-0.15, -0.1) is 0 Å². The fraction of sp³-hybridized carbons (Fsp3) is 0.417. The van der Waals surface area contributed by atoms with Gasteiger partial charge in [0.05, 0.1) is 11.0 Å². The van der Waals surface area contributed by atoms with Gasteiger partial charge in [0.2, 0.25) is 0 Å². The van der Waals surface area contributed by atoms with E-state index >= 15 is 0 Å². The van der Waals surface area contributed by atoms with Crippen LogP contribution in [0.2, 0.25) is 5.02 Å². The molecular formula is C12H14ClN3O3. The van der Waals surface area contributed by atoms with Gasteiger partial charge in [-0.25, -0.2) is 0 Å². The van der Waals surface area contributed by atoms with Gasteiger partial charge in [-0.3, -0.25) is 15.4 Å². The number of hydrogen-bond donors (Lipinski definition) is 1. The third kappa shape index (κ3) is 4.09. The monoisotopic (exact) mass is 283 g/mol. The molecule has 0 amide bonds. The topological polar surface area (TPSA) is 88.2 Å². The Morgan fingerprint density at radius 2 is 2.32 bits per heavy atom. The van der Waals surface area contributed by atoms with Crippen LogP contribution >= 0.6 is 11.6 Å². The predicted octanol–water partition coefficient (Wildman–Crippen LogP) is 2.52. The molecule has 0 aromatic heterocycles. The van der Waals surface area contributed by atoms with Crippen molar-refractivity contribution >= 4 is 17.3 Å². The highest BCUT2D eigenvalue weighted by Gasteiger charge is 2.25. The highest BCUT2D eigenvalue weighted by molar-refractivity contribution is 6.30. The maximum Gasteiger partial charge on any atom is 0.311 e. The second kappa shape index (κ2) is 6.36. The van der Waals surface area contributed by atoms with E-state index in [0.29, 0.717) is 11.6 Å². The number of halogens is 1. The number of nitro groups is 1. The van der Waals surface area contributed by atoms with E-state index in [1.807, 2.05) is 6.92 Å². The minimum Gasteiger partial charge on any atom is -0.484 e. The zero-order chi connectivity index (χ0) is 14.5. The molecule has 0 heterocycles. The Hall–Kier alpha value is -1.84. The van der Waals surface area contributed by atoms with Gasteiger partial charge in [0, 0.05) is 17.2 Å². The van der Waals surface area contributed by atoms with Crippen LogP contribution in [0.1, 0.15) is 13.8 Å². The normalized spacial score (nSPS) is 13.4. The Morgan fingerprint density at radius 3 is 2.84 bits per heavy atom. The summed E-state index contributed by atoms with van der Waals surface area (Å²) in [4.78, 5) is 10.3. The van der Waals surface area contributed by atoms with Crippen LogP contribution in [0.3, 0.4) is 0 Å².